The molecule has 1 unspecified atom stereocenters. The van der Waals surface area contributed by atoms with Crippen LogP contribution in [0.1, 0.15) is 23.2 Å². The van der Waals surface area contributed by atoms with Crippen LogP contribution in [0.25, 0.3) is 0 Å². The second-order valence-electron chi connectivity index (χ2n) is 5.90. The van der Waals surface area contributed by atoms with Crippen LogP contribution in [0.2, 0.25) is 5.02 Å². The van der Waals surface area contributed by atoms with Crippen molar-refractivity contribution in [3.63, 3.8) is 0 Å². The highest BCUT2D eigenvalue weighted by Crippen LogP contribution is 2.30. The van der Waals surface area contributed by atoms with Crippen molar-refractivity contribution in [2.24, 2.45) is 0 Å². The Balaban J connectivity index is 1.92. The molecule has 1 aliphatic heterocycles. The summed E-state index contributed by atoms with van der Waals surface area (Å²) in [5.41, 5.74) is -0.360. The largest absolute Gasteiger partial charge is 0.357 e. The lowest BCUT2D eigenvalue weighted by Gasteiger charge is -2.41. The first-order valence-electron chi connectivity index (χ1n) is 7.84. The fourth-order valence-electron chi connectivity index (χ4n) is 3.24. The third-order valence-electron chi connectivity index (χ3n) is 4.42. The van der Waals surface area contributed by atoms with Gasteiger partial charge in [-0.25, -0.2) is 0 Å². The number of carbonyl (C=O) groups excluding carboxylic acids is 2. The molecule has 1 aromatic heterocycles. The van der Waals surface area contributed by atoms with E-state index in [-0.39, 0.29) is 18.4 Å². The number of likely N-dealkylation sites (tertiary alicyclic amines) is 1. The number of halogens is 1. The van der Waals surface area contributed by atoms with Crippen LogP contribution in [0.15, 0.2) is 42.7 Å². The first-order chi connectivity index (χ1) is 11.6. The summed E-state index contributed by atoms with van der Waals surface area (Å²) >= 11 is 5.99. The van der Waals surface area contributed by atoms with Gasteiger partial charge in [-0.2, -0.15) is 5.10 Å². The van der Waals surface area contributed by atoms with Gasteiger partial charge < -0.3 is 10.2 Å². The van der Waals surface area contributed by atoms with E-state index in [4.69, 9.17) is 11.6 Å². The summed E-state index contributed by atoms with van der Waals surface area (Å²) in [4.78, 5) is 27.1. The summed E-state index contributed by atoms with van der Waals surface area (Å²) in [6, 6.07) is 8.64. The van der Waals surface area contributed by atoms with Crippen molar-refractivity contribution in [3.05, 3.63) is 53.3 Å². The van der Waals surface area contributed by atoms with Crippen LogP contribution in [-0.2, 0) is 10.3 Å². The normalized spacial score (nSPS) is 20.7. The molecule has 0 radical (unpaired) electrons. The number of hydrogen-bond acceptors (Lipinski definition) is 3. The minimum Gasteiger partial charge on any atom is -0.357 e. The summed E-state index contributed by atoms with van der Waals surface area (Å²) in [5, 5.41) is 7.49. The van der Waals surface area contributed by atoms with Gasteiger partial charge in [0.05, 0.1) is 6.54 Å². The Bertz CT molecular complexity index is 747. The van der Waals surface area contributed by atoms with E-state index in [1.165, 1.54) is 0 Å². The maximum atomic E-state index is 12.8. The van der Waals surface area contributed by atoms with Crippen LogP contribution >= 0.6 is 11.6 Å². The van der Waals surface area contributed by atoms with Crippen LogP contribution in [0, 0.1) is 0 Å². The van der Waals surface area contributed by atoms with E-state index in [0.29, 0.717) is 23.6 Å². The fraction of sp³-hybridized carbons (Fsp3) is 0.353. The molecule has 7 heteroatoms. The molecule has 126 valence electrons. The molecule has 1 N–H and O–H groups in total. The van der Waals surface area contributed by atoms with Crippen LogP contribution in [0.4, 0.5) is 0 Å². The van der Waals surface area contributed by atoms with Gasteiger partial charge in [0, 0.05) is 36.6 Å². The molecular formula is C17H19ClN4O2. The molecule has 2 aromatic rings. The fourth-order valence-corrected chi connectivity index (χ4v) is 3.44. The number of likely N-dealkylation sites (N-methyl/N-ethyl adjacent to an activating group) is 1. The second kappa shape index (κ2) is 6.65. The minimum atomic E-state index is -0.884. The molecular weight excluding hydrogens is 328 g/mol. The Morgan fingerprint density at radius 3 is 2.83 bits per heavy atom. The average molecular weight is 347 g/mol. The number of aromatic nitrogens is 2. The Hall–Kier alpha value is -2.34. The van der Waals surface area contributed by atoms with Gasteiger partial charge >= 0.3 is 0 Å². The van der Waals surface area contributed by atoms with Crippen molar-refractivity contribution in [1.29, 1.82) is 0 Å². The van der Waals surface area contributed by atoms with Crippen molar-refractivity contribution >= 4 is 23.4 Å². The Kier molecular flexibility index (Phi) is 4.57. The zero-order chi connectivity index (χ0) is 17.2. The molecule has 6 nitrogen and oxygen atoms in total. The van der Waals surface area contributed by atoms with Gasteiger partial charge in [0.15, 0.2) is 5.54 Å². The third-order valence-corrected chi connectivity index (χ3v) is 4.66. The Morgan fingerprint density at radius 2 is 2.17 bits per heavy atom. The lowest BCUT2D eigenvalue weighted by molar-refractivity contribution is -0.132. The van der Waals surface area contributed by atoms with E-state index in [0.717, 1.165) is 6.42 Å². The number of nitrogens with zero attached hydrogens (tertiary/aromatic N) is 3. The highest BCUT2D eigenvalue weighted by atomic mass is 35.5. The van der Waals surface area contributed by atoms with E-state index in [1.54, 1.807) is 59.4 Å². The molecule has 1 atom stereocenters. The van der Waals surface area contributed by atoms with Gasteiger partial charge in [-0.15, -0.1) is 0 Å². The zero-order valence-electron chi connectivity index (χ0n) is 13.4. The van der Waals surface area contributed by atoms with E-state index in [9.17, 15) is 9.59 Å². The van der Waals surface area contributed by atoms with Gasteiger partial charge in [-0.05, 0) is 37.1 Å². The number of rotatable bonds is 3. The van der Waals surface area contributed by atoms with Crippen LogP contribution in [0.3, 0.4) is 0 Å². The molecule has 0 aliphatic carbocycles. The maximum Gasteiger partial charge on any atom is 0.254 e. The summed E-state index contributed by atoms with van der Waals surface area (Å²) in [6.07, 6.45) is 4.76. The first kappa shape index (κ1) is 16.5. The predicted molar refractivity (Wildman–Crippen MR) is 90.9 cm³/mol. The summed E-state index contributed by atoms with van der Waals surface area (Å²) in [7, 11) is 1.60. The number of hydrogen-bond donors (Lipinski definition) is 1. The number of benzene rings is 1. The van der Waals surface area contributed by atoms with Gasteiger partial charge in [-0.3, -0.25) is 14.3 Å². The molecule has 0 saturated carbocycles. The van der Waals surface area contributed by atoms with Gasteiger partial charge in [0.2, 0.25) is 5.91 Å². The third kappa shape index (κ3) is 2.89. The lowest BCUT2D eigenvalue weighted by atomic mass is 9.87. The molecule has 1 aromatic carbocycles. The van der Waals surface area contributed by atoms with Gasteiger partial charge in [0.25, 0.3) is 5.91 Å². The summed E-state index contributed by atoms with van der Waals surface area (Å²) in [6.45, 7) is 0.880. The van der Waals surface area contributed by atoms with E-state index < -0.39 is 5.54 Å². The monoisotopic (exact) mass is 346 g/mol. The maximum absolute atomic E-state index is 12.8. The molecule has 1 saturated heterocycles. The van der Waals surface area contributed by atoms with E-state index in [2.05, 4.69) is 10.4 Å². The topological polar surface area (TPSA) is 67.2 Å². The lowest BCUT2D eigenvalue weighted by Crippen LogP contribution is -2.59. The summed E-state index contributed by atoms with van der Waals surface area (Å²) in [5.74, 6) is -0.271. The molecule has 1 aliphatic rings. The SMILES string of the molecule is CNC(=O)C1(n2cccn2)CCCN(C(=O)c2cccc(Cl)c2)C1. The molecule has 1 fully saturated rings. The first-order valence-corrected chi connectivity index (χ1v) is 8.22. The number of piperidine rings is 1. The molecule has 3 rings (SSSR count). The highest BCUT2D eigenvalue weighted by Gasteiger charge is 2.45. The van der Waals surface area contributed by atoms with E-state index >= 15 is 0 Å². The van der Waals surface area contributed by atoms with Crippen LogP contribution < -0.4 is 5.32 Å². The zero-order valence-corrected chi connectivity index (χ0v) is 14.2. The van der Waals surface area contributed by atoms with Crippen molar-refractivity contribution in [2.45, 2.75) is 18.4 Å². The number of nitrogens with one attached hydrogen (secondary N) is 1. The van der Waals surface area contributed by atoms with Gasteiger partial charge in [0.1, 0.15) is 0 Å². The smallest absolute Gasteiger partial charge is 0.254 e. The summed E-state index contributed by atoms with van der Waals surface area (Å²) < 4.78 is 1.66. The van der Waals surface area contributed by atoms with Crippen molar-refractivity contribution in [1.82, 2.24) is 20.0 Å². The minimum absolute atomic E-state index is 0.127. The highest BCUT2D eigenvalue weighted by molar-refractivity contribution is 6.30. The molecule has 24 heavy (non-hydrogen) atoms. The van der Waals surface area contributed by atoms with Crippen molar-refractivity contribution in [3.8, 4) is 0 Å². The number of carbonyl (C=O) groups is 2. The Morgan fingerprint density at radius 1 is 1.33 bits per heavy atom. The van der Waals surface area contributed by atoms with Crippen LogP contribution in [0.5, 0.6) is 0 Å². The molecule has 2 heterocycles. The van der Waals surface area contributed by atoms with Crippen LogP contribution in [-0.4, -0.2) is 46.6 Å². The quantitative estimate of drug-likeness (QED) is 0.923. The van der Waals surface area contributed by atoms with Crippen molar-refractivity contribution < 1.29 is 9.59 Å². The average Bonchev–Trinajstić information content (AvgIpc) is 3.15. The number of amides is 2. The Labute approximate surface area is 145 Å². The molecule has 0 spiro atoms. The molecule has 2 amide bonds. The molecule has 0 bridgehead atoms. The van der Waals surface area contributed by atoms with Crippen molar-refractivity contribution in [2.75, 3.05) is 20.1 Å². The van der Waals surface area contributed by atoms with E-state index in [1.807, 2.05) is 0 Å². The van der Waals surface area contributed by atoms with Gasteiger partial charge in [-0.1, -0.05) is 17.7 Å². The predicted octanol–water partition coefficient (Wildman–Crippen LogP) is 1.91. The standard InChI is InChI=1S/C17H19ClN4O2/c1-19-16(24)17(22-10-4-8-20-22)7-3-9-21(12-17)15(23)13-5-2-6-14(18)11-13/h2,4-6,8,10-11H,3,7,9,12H2,1H3,(H,19,24). The second-order valence-corrected chi connectivity index (χ2v) is 6.34.